The van der Waals surface area contributed by atoms with Crippen molar-refractivity contribution in [1.82, 2.24) is 20.0 Å². The maximum atomic E-state index is 13.0. The molecule has 0 saturated heterocycles. The predicted molar refractivity (Wildman–Crippen MR) is 83.7 cm³/mol. The number of carbonyl (C=O) groups excluding carboxylic acids is 2. The fourth-order valence-electron chi connectivity index (χ4n) is 1.66. The third-order valence-corrected chi connectivity index (χ3v) is 2.66. The Bertz CT molecular complexity index is 588. The molecule has 128 valence electrons. The Morgan fingerprint density at radius 2 is 2.09 bits per heavy atom. The molecule has 0 spiro atoms. The van der Waals surface area contributed by atoms with Gasteiger partial charge in [0.2, 0.25) is 0 Å². The van der Waals surface area contributed by atoms with E-state index >= 15 is 0 Å². The van der Waals surface area contributed by atoms with Crippen LogP contribution in [0, 0.1) is 0 Å². The summed E-state index contributed by atoms with van der Waals surface area (Å²) in [4.78, 5) is 24.7. The normalized spacial score (nSPS) is 12.0. The Morgan fingerprint density at radius 1 is 1.43 bits per heavy atom. The second kappa shape index (κ2) is 7.75. The van der Waals surface area contributed by atoms with Crippen LogP contribution in [-0.4, -0.2) is 52.9 Å². The van der Waals surface area contributed by atoms with Gasteiger partial charge in [0.05, 0.1) is 24.6 Å². The molecule has 0 aliphatic carbocycles. The number of rotatable bonds is 5. The summed E-state index contributed by atoms with van der Waals surface area (Å²) in [6.45, 7) is 5.33. The number of hydrogen-bond donors (Lipinski definition) is 1. The van der Waals surface area contributed by atoms with Gasteiger partial charge in [0.1, 0.15) is 5.60 Å². The van der Waals surface area contributed by atoms with Gasteiger partial charge >= 0.3 is 6.09 Å². The van der Waals surface area contributed by atoms with Gasteiger partial charge < -0.3 is 15.0 Å². The first-order valence-electron chi connectivity index (χ1n) is 7.11. The van der Waals surface area contributed by atoms with Crippen molar-refractivity contribution >= 4 is 12.0 Å². The molecular weight excluding hydrogens is 303 g/mol. The lowest BCUT2D eigenvalue weighted by Gasteiger charge is -2.20. The van der Waals surface area contributed by atoms with Gasteiger partial charge in [0, 0.05) is 26.8 Å². The number of alkyl carbamates (subject to hydrolysis) is 1. The van der Waals surface area contributed by atoms with Gasteiger partial charge in [0.15, 0.2) is 0 Å². The van der Waals surface area contributed by atoms with Gasteiger partial charge in [-0.25, -0.2) is 9.18 Å². The molecular formula is C15H23FN4O3. The average molecular weight is 326 g/mol. The highest BCUT2D eigenvalue weighted by Gasteiger charge is 2.16. The average Bonchev–Trinajstić information content (AvgIpc) is 2.88. The Labute approximate surface area is 135 Å². The number of nitrogens with one attached hydrogen (secondary N) is 1. The van der Waals surface area contributed by atoms with Crippen molar-refractivity contribution in [3.8, 4) is 0 Å². The number of nitrogens with zero attached hydrogens (tertiary/aromatic N) is 3. The summed E-state index contributed by atoms with van der Waals surface area (Å²) in [7, 11) is 3.27. The summed E-state index contributed by atoms with van der Waals surface area (Å²) in [5.74, 6) is -0.186. The Morgan fingerprint density at radius 3 is 2.61 bits per heavy atom. The monoisotopic (exact) mass is 326 g/mol. The number of amides is 2. The minimum atomic E-state index is -0.624. The largest absolute Gasteiger partial charge is 0.444 e. The molecule has 0 aliphatic heterocycles. The Balaban J connectivity index is 2.58. The van der Waals surface area contributed by atoms with Gasteiger partial charge in [0.25, 0.3) is 5.91 Å². The van der Waals surface area contributed by atoms with E-state index in [0.717, 1.165) is 0 Å². The Hall–Kier alpha value is -2.38. The van der Waals surface area contributed by atoms with Crippen molar-refractivity contribution in [2.24, 2.45) is 0 Å². The number of hydrogen-bond acceptors (Lipinski definition) is 4. The third kappa shape index (κ3) is 6.50. The molecule has 1 heterocycles. The molecule has 0 atom stereocenters. The van der Waals surface area contributed by atoms with Gasteiger partial charge in [-0.15, -0.1) is 0 Å². The third-order valence-electron chi connectivity index (χ3n) is 2.66. The first kappa shape index (κ1) is 18.7. The minimum absolute atomic E-state index is 0.0117. The maximum Gasteiger partial charge on any atom is 0.407 e. The van der Waals surface area contributed by atoms with E-state index in [-0.39, 0.29) is 19.0 Å². The SMILES string of the molecule is CN(C)C(=O)c1cnn(CC(=CF)CNC(=O)OC(C)(C)C)c1. The molecule has 0 aromatic carbocycles. The van der Waals surface area contributed by atoms with Crippen LogP contribution in [0.1, 0.15) is 31.1 Å². The van der Waals surface area contributed by atoms with Crippen LogP contribution in [0.2, 0.25) is 0 Å². The number of ether oxygens (including phenoxy) is 1. The quantitative estimate of drug-likeness (QED) is 0.897. The van der Waals surface area contributed by atoms with Crippen molar-refractivity contribution in [1.29, 1.82) is 0 Å². The van der Waals surface area contributed by atoms with Crippen molar-refractivity contribution in [2.75, 3.05) is 20.6 Å². The molecule has 1 rings (SSSR count). The molecule has 2 amide bonds. The minimum Gasteiger partial charge on any atom is -0.444 e. The van der Waals surface area contributed by atoms with E-state index < -0.39 is 11.7 Å². The fraction of sp³-hybridized carbons (Fsp3) is 0.533. The molecule has 0 fully saturated rings. The van der Waals surface area contributed by atoms with Crippen LogP contribution in [0.25, 0.3) is 0 Å². The van der Waals surface area contributed by atoms with Gasteiger partial charge in [-0.1, -0.05) is 0 Å². The highest BCUT2D eigenvalue weighted by Crippen LogP contribution is 2.08. The highest BCUT2D eigenvalue weighted by molar-refractivity contribution is 5.93. The van der Waals surface area contributed by atoms with Crippen molar-refractivity contribution in [3.05, 3.63) is 29.9 Å². The van der Waals surface area contributed by atoms with Crippen LogP contribution >= 0.6 is 0 Å². The number of aromatic nitrogens is 2. The highest BCUT2D eigenvalue weighted by atomic mass is 19.1. The number of carbonyl (C=O) groups is 2. The van der Waals surface area contributed by atoms with E-state index in [4.69, 9.17) is 4.74 Å². The van der Waals surface area contributed by atoms with E-state index in [0.29, 0.717) is 17.5 Å². The molecule has 8 heteroatoms. The van der Waals surface area contributed by atoms with Gasteiger partial charge in [-0.2, -0.15) is 5.10 Å². The fourth-order valence-corrected chi connectivity index (χ4v) is 1.66. The van der Waals surface area contributed by atoms with E-state index in [1.54, 1.807) is 34.9 Å². The molecule has 1 N–H and O–H groups in total. The van der Waals surface area contributed by atoms with E-state index in [2.05, 4.69) is 10.4 Å². The number of halogens is 1. The summed E-state index contributed by atoms with van der Waals surface area (Å²) < 4.78 is 19.5. The van der Waals surface area contributed by atoms with Crippen LogP contribution in [0.3, 0.4) is 0 Å². The lowest BCUT2D eigenvalue weighted by molar-refractivity contribution is 0.0531. The van der Waals surface area contributed by atoms with E-state index in [1.807, 2.05) is 0 Å². The standard InChI is InChI=1S/C15H23FN4O3/c1-15(2,3)23-14(22)17-7-11(6-16)9-20-10-12(8-18-20)13(21)19(4)5/h6,8,10H,7,9H2,1-5H3,(H,17,22). The lowest BCUT2D eigenvalue weighted by atomic mass is 10.2. The molecule has 0 unspecified atom stereocenters. The maximum absolute atomic E-state index is 13.0. The molecule has 0 aliphatic rings. The first-order valence-corrected chi connectivity index (χ1v) is 7.11. The van der Waals surface area contributed by atoms with Crippen LogP contribution in [-0.2, 0) is 11.3 Å². The first-order chi connectivity index (χ1) is 10.6. The smallest absolute Gasteiger partial charge is 0.407 e. The molecule has 0 saturated carbocycles. The molecule has 0 bridgehead atoms. The summed E-state index contributed by atoms with van der Waals surface area (Å²) in [6.07, 6.45) is 2.73. The molecule has 23 heavy (non-hydrogen) atoms. The summed E-state index contributed by atoms with van der Waals surface area (Å²) >= 11 is 0. The van der Waals surface area contributed by atoms with E-state index in [1.165, 1.54) is 22.0 Å². The summed E-state index contributed by atoms with van der Waals surface area (Å²) in [5, 5.41) is 6.48. The molecule has 1 aromatic rings. The van der Waals surface area contributed by atoms with Gasteiger partial charge in [-0.05, 0) is 26.3 Å². The zero-order chi connectivity index (χ0) is 17.6. The second-order valence-electron chi connectivity index (χ2n) is 6.25. The zero-order valence-electron chi connectivity index (χ0n) is 14.1. The van der Waals surface area contributed by atoms with Gasteiger partial charge in [-0.3, -0.25) is 9.48 Å². The predicted octanol–water partition coefficient (Wildman–Crippen LogP) is 1.96. The van der Waals surface area contributed by atoms with Crippen molar-refractivity contribution < 1.29 is 18.7 Å². The van der Waals surface area contributed by atoms with E-state index in [9.17, 15) is 14.0 Å². The summed E-state index contributed by atoms with van der Waals surface area (Å²) in [6, 6.07) is 0. The van der Waals surface area contributed by atoms with Crippen molar-refractivity contribution in [3.63, 3.8) is 0 Å². The molecule has 0 radical (unpaired) electrons. The van der Waals surface area contributed by atoms with Crippen molar-refractivity contribution in [2.45, 2.75) is 32.9 Å². The van der Waals surface area contributed by atoms with Crippen LogP contribution < -0.4 is 5.32 Å². The molecule has 7 nitrogen and oxygen atoms in total. The van der Waals surface area contributed by atoms with Crippen LogP contribution in [0.15, 0.2) is 24.3 Å². The van der Waals surface area contributed by atoms with Crippen LogP contribution in [0.4, 0.5) is 9.18 Å². The molecule has 1 aromatic heterocycles. The second-order valence-corrected chi connectivity index (χ2v) is 6.25. The Kier molecular flexibility index (Phi) is 6.29. The lowest BCUT2D eigenvalue weighted by Crippen LogP contribution is -2.34. The zero-order valence-corrected chi connectivity index (χ0v) is 14.1. The van der Waals surface area contributed by atoms with Crippen LogP contribution in [0.5, 0.6) is 0 Å². The topological polar surface area (TPSA) is 76.5 Å². The summed E-state index contributed by atoms with van der Waals surface area (Å²) in [5.41, 5.74) is 0.0868.